The maximum Gasteiger partial charge on any atom is 0.416 e. The number of rotatable bonds is 1. The molecule has 1 fully saturated rings. The molecule has 1 heterocycles. The second kappa shape index (κ2) is 4.77. The lowest BCUT2D eigenvalue weighted by Crippen LogP contribution is -2.31. The van der Waals surface area contributed by atoms with E-state index in [1.165, 1.54) is 6.07 Å². The van der Waals surface area contributed by atoms with Gasteiger partial charge in [0.05, 0.1) is 11.5 Å². The summed E-state index contributed by atoms with van der Waals surface area (Å²) in [5.41, 5.74) is 5.97. The van der Waals surface area contributed by atoms with Crippen LogP contribution < -0.4 is 5.73 Å². The molecule has 108 valence electrons. The Balaban J connectivity index is 1.98. The number of halogens is 3. The Labute approximate surface area is 114 Å². The van der Waals surface area contributed by atoms with Gasteiger partial charge in [0.15, 0.2) is 11.5 Å². The first kappa shape index (κ1) is 13.4. The summed E-state index contributed by atoms with van der Waals surface area (Å²) in [5.74, 6) is 0.469. The van der Waals surface area contributed by atoms with Crippen LogP contribution in [0.15, 0.2) is 22.6 Å². The van der Waals surface area contributed by atoms with Crippen molar-refractivity contribution >= 4 is 11.1 Å². The molecule has 0 saturated heterocycles. The van der Waals surface area contributed by atoms with Crippen LogP contribution in [0.3, 0.4) is 0 Å². The molecule has 1 aliphatic rings. The third-order valence-electron chi connectivity index (χ3n) is 3.87. The second-order valence-corrected chi connectivity index (χ2v) is 5.29. The van der Waals surface area contributed by atoms with Gasteiger partial charge >= 0.3 is 6.18 Å². The van der Waals surface area contributed by atoms with E-state index in [-0.39, 0.29) is 17.5 Å². The Hall–Kier alpha value is -1.56. The van der Waals surface area contributed by atoms with E-state index >= 15 is 0 Å². The van der Waals surface area contributed by atoms with Crippen molar-refractivity contribution in [3.8, 4) is 0 Å². The lowest BCUT2D eigenvalue weighted by atomic mass is 9.85. The number of alkyl halides is 3. The van der Waals surface area contributed by atoms with Crippen molar-refractivity contribution in [2.75, 3.05) is 0 Å². The average molecular weight is 284 g/mol. The topological polar surface area (TPSA) is 52.0 Å². The average Bonchev–Trinajstić information content (AvgIpc) is 2.80. The molecule has 1 aromatic carbocycles. The highest BCUT2D eigenvalue weighted by Crippen LogP contribution is 2.35. The fourth-order valence-corrected chi connectivity index (χ4v) is 2.75. The number of aromatic nitrogens is 1. The van der Waals surface area contributed by atoms with Gasteiger partial charge in [-0.05, 0) is 31.0 Å². The van der Waals surface area contributed by atoms with Crippen LogP contribution in [0, 0.1) is 0 Å². The minimum atomic E-state index is -4.37. The van der Waals surface area contributed by atoms with Gasteiger partial charge in [0.1, 0.15) is 5.52 Å². The number of fused-ring (bicyclic) bond motifs is 1. The van der Waals surface area contributed by atoms with Gasteiger partial charge in [0.2, 0.25) is 0 Å². The van der Waals surface area contributed by atoms with Gasteiger partial charge in [-0.3, -0.25) is 0 Å². The maximum absolute atomic E-state index is 12.7. The third-order valence-corrected chi connectivity index (χ3v) is 3.87. The molecule has 1 aromatic heterocycles. The quantitative estimate of drug-likeness (QED) is 0.865. The molecule has 3 rings (SSSR count). The molecule has 0 radical (unpaired) electrons. The van der Waals surface area contributed by atoms with Crippen molar-refractivity contribution in [2.24, 2.45) is 5.73 Å². The van der Waals surface area contributed by atoms with Gasteiger partial charge in [-0.15, -0.1) is 0 Å². The van der Waals surface area contributed by atoms with E-state index in [0.29, 0.717) is 11.5 Å². The van der Waals surface area contributed by atoms with Gasteiger partial charge < -0.3 is 10.2 Å². The van der Waals surface area contributed by atoms with Crippen LogP contribution in [-0.4, -0.2) is 11.0 Å². The maximum atomic E-state index is 12.7. The van der Waals surface area contributed by atoms with Crippen LogP contribution in [0.2, 0.25) is 0 Å². The molecular formula is C14H15F3N2O. The zero-order chi connectivity index (χ0) is 14.3. The molecule has 2 aromatic rings. The number of benzene rings is 1. The van der Waals surface area contributed by atoms with E-state index in [0.717, 1.165) is 37.8 Å². The van der Waals surface area contributed by atoms with E-state index in [4.69, 9.17) is 10.2 Å². The largest absolute Gasteiger partial charge is 0.440 e. The first-order valence-corrected chi connectivity index (χ1v) is 6.68. The van der Waals surface area contributed by atoms with E-state index < -0.39 is 11.7 Å². The van der Waals surface area contributed by atoms with Crippen molar-refractivity contribution in [2.45, 2.75) is 43.8 Å². The molecule has 1 saturated carbocycles. The molecule has 0 amide bonds. The van der Waals surface area contributed by atoms with Crippen LogP contribution >= 0.6 is 0 Å². The number of hydrogen-bond acceptors (Lipinski definition) is 3. The van der Waals surface area contributed by atoms with Crippen LogP contribution in [0.1, 0.15) is 43.1 Å². The first-order chi connectivity index (χ1) is 9.45. The Morgan fingerprint density at radius 1 is 1.20 bits per heavy atom. The SMILES string of the molecule is NC1CCCCC1c1nc2cc(C(F)(F)F)ccc2o1. The second-order valence-electron chi connectivity index (χ2n) is 5.29. The van der Waals surface area contributed by atoms with Crippen molar-refractivity contribution in [1.82, 2.24) is 4.98 Å². The zero-order valence-corrected chi connectivity index (χ0v) is 10.8. The predicted octanol–water partition coefficient (Wildman–Crippen LogP) is 3.83. The first-order valence-electron chi connectivity index (χ1n) is 6.68. The van der Waals surface area contributed by atoms with Crippen LogP contribution in [0.25, 0.3) is 11.1 Å². The molecule has 0 bridgehead atoms. The molecule has 2 unspecified atom stereocenters. The van der Waals surface area contributed by atoms with Crippen LogP contribution in [0.4, 0.5) is 13.2 Å². The highest BCUT2D eigenvalue weighted by atomic mass is 19.4. The van der Waals surface area contributed by atoms with Crippen molar-refractivity contribution in [3.63, 3.8) is 0 Å². The highest BCUT2D eigenvalue weighted by Gasteiger charge is 2.32. The van der Waals surface area contributed by atoms with E-state index in [1.807, 2.05) is 0 Å². The summed E-state index contributed by atoms with van der Waals surface area (Å²) >= 11 is 0. The van der Waals surface area contributed by atoms with Gasteiger partial charge in [0, 0.05) is 6.04 Å². The number of nitrogens with zero attached hydrogens (tertiary/aromatic N) is 1. The molecule has 0 spiro atoms. The summed E-state index contributed by atoms with van der Waals surface area (Å²) in [7, 11) is 0. The minimum Gasteiger partial charge on any atom is -0.440 e. The Kier molecular flexibility index (Phi) is 3.20. The van der Waals surface area contributed by atoms with Crippen molar-refractivity contribution in [1.29, 1.82) is 0 Å². The Morgan fingerprint density at radius 3 is 2.65 bits per heavy atom. The molecule has 0 aliphatic heterocycles. The standard InChI is InChI=1S/C14H15F3N2O/c15-14(16,17)8-5-6-12-11(7-8)19-13(20-12)9-3-1-2-4-10(9)18/h5-7,9-10H,1-4,18H2. The molecule has 2 N–H and O–H groups in total. The summed E-state index contributed by atoms with van der Waals surface area (Å²) in [4.78, 5) is 4.21. The van der Waals surface area contributed by atoms with E-state index in [9.17, 15) is 13.2 Å². The van der Waals surface area contributed by atoms with Gasteiger partial charge in [-0.1, -0.05) is 12.8 Å². The summed E-state index contributed by atoms with van der Waals surface area (Å²) < 4.78 is 43.6. The number of hydrogen-bond donors (Lipinski definition) is 1. The van der Waals surface area contributed by atoms with Gasteiger partial charge in [0.25, 0.3) is 0 Å². The Morgan fingerprint density at radius 2 is 1.95 bits per heavy atom. The summed E-state index contributed by atoms with van der Waals surface area (Å²) in [5, 5.41) is 0. The normalized spacial score (nSPS) is 24.2. The monoisotopic (exact) mass is 284 g/mol. The summed E-state index contributed by atoms with van der Waals surface area (Å²) in [6, 6.07) is 3.33. The van der Waals surface area contributed by atoms with E-state index in [2.05, 4.69) is 4.98 Å². The van der Waals surface area contributed by atoms with Crippen LogP contribution in [-0.2, 0) is 6.18 Å². The lowest BCUT2D eigenvalue weighted by molar-refractivity contribution is -0.137. The molecule has 1 aliphatic carbocycles. The minimum absolute atomic E-state index is 0.00508. The number of nitrogens with two attached hydrogens (primary N) is 1. The van der Waals surface area contributed by atoms with Crippen molar-refractivity contribution < 1.29 is 17.6 Å². The van der Waals surface area contributed by atoms with Crippen LogP contribution in [0.5, 0.6) is 0 Å². The molecule has 2 atom stereocenters. The zero-order valence-electron chi connectivity index (χ0n) is 10.8. The fraction of sp³-hybridized carbons (Fsp3) is 0.500. The van der Waals surface area contributed by atoms with Crippen molar-refractivity contribution in [3.05, 3.63) is 29.7 Å². The van der Waals surface area contributed by atoms with Gasteiger partial charge in [-0.2, -0.15) is 13.2 Å². The lowest BCUT2D eigenvalue weighted by Gasteiger charge is -2.25. The number of oxazole rings is 1. The molecule has 20 heavy (non-hydrogen) atoms. The smallest absolute Gasteiger partial charge is 0.416 e. The molecular weight excluding hydrogens is 269 g/mol. The third kappa shape index (κ3) is 2.40. The Bertz CT molecular complexity index is 620. The molecule has 3 nitrogen and oxygen atoms in total. The van der Waals surface area contributed by atoms with Gasteiger partial charge in [-0.25, -0.2) is 4.98 Å². The fourth-order valence-electron chi connectivity index (χ4n) is 2.75. The predicted molar refractivity (Wildman–Crippen MR) is 68.2 cm³/mol. The summed E-state index contributed by atoms with van der Waals surface area (Å²) in [6.07, 6.45) is -0.465. The molecule has 6 heteroatoms. The van der Waals surface area contributed by atoms with E-state index in [1.54, 1.807) is 0 Å². The summed E-state index contributed by atoms with van der Waals surface area (Å²) in [6.45, 7) is 0. The highest BCUT2D eigenvalue weighted by molar-refractivity contribution is 5.73.